The number of hydrogen-bond donors (Lipinski definition) is 1. The van der Waals surface area contributed by atoms with E-state index in [2.05, 4.69) is 51.5 Å². The summed E-state index contributed by atoms with van der Waals surface area (Å²) in [5.41, 5.74) is -0.0253. The molecule has 1 atom stereocenters. The highest BCUT2D eigenvalue weighted by atomic mass is 19.1. The van der Waals surface area contributed by atoms with Crippen molar-refractivity contribution in [3.05, 3.63) is 42.0 Å². The zero-order valence-electron chi connectivity index (χ0n) is 14.3. The lowest BCUT2D eigenvalue weighted by Gasteiger charge is -2.37. The van der Waals surface area contributed by atoms with Crippen LogP contribution in [0.3, 0.4) is 0 Å². The maximum absolute atomic E-state index is 14.9. The third kappa shape index (κ3) is 5.38. The fraction of sp³-hybridized carbons (Fsp3) is 0.579. The molecule has 0 amide bonds. The predicted molar refractivity (Wildman–Crippen MR) is 95.9 cm³/mol. The molecule has 0 radical (unpaired) electrons. The van der Waals surface area contributed by atoms with Crippen LogP contribution in [-0.4, -0.2) is 81.0 Å². The van der Waals surface area contributed by atoms with Crippen molar-refractivity contribution in [2.24, 2.45) is 0 Å². The van der Waals surface area contributed by atoms with Crippen LogP contribution in [0.25, 0.3) is 6.08 Å². The molecule has 2 saturated heterocycles. The first-order valence-corrected chi connectivity index (χ1v) is 8.87. The van der Waals surface area contributed by atoms with Gasteiger partial charge in [0.2, 0.25) is 0 Å². The summed E-state index contributed by atoms with van der Waals surface area (Å²) < 4.78 is 20.2. The number of piperazine rings is 1. The molecular weight excluding hydrogens is 305 g/mol. The molecule has 0 aliphatic carbocycles. The minimum Gasteiger partial charge on any atom is -0.377 e. The smallest absolute Gasteiger partial charge is 0.159 e. The normalized spacial score (nSPS) is 27.4. The fourth-order valence-corrected chi connectivity index (χ4v) is 3.30. The highest BCUT2D eigenvalue weighted by Gasteiger charge is 2.34. The maximum atomic E-state index is 14.9. The maximum Gasteiger partial charge on any atom is 0.159 e. The van der Waals surface area contributed by atoms with Crippen LogP contribution in [0.2, 0.25) is 0 Å². The van der Waals surface area contributed by atoms with E-state index in [1.807, 2.05) is 6.07 Å². The van der Waals surface area contributed by atoms with Crippen LogP contribution in [0.5, 0.6) is 0 Å². The van der Waals surface area contributed by atoms with Crippen molar-refractivity contribution >= 4 is 6.08 Å². The van der Waals surface area contributed by atoms with Crippen molar-refractivity contribution in [3.8, 4) is 0 Å². The van der Waals surface area contributed by atoms with Gasteiger partial charge in [0.1, 0.15) is 0 Å². The Bertz CT molecular complexity index is 507. The average Bonchev–Trinajstić information content (AvgIpc) is 2.82. The largest absolute Gasteiger partial charge is 0.377 e. The van der Waals surface area contributed by atoms with Gasteiger partial charge in [-0.05, 0) is 5.56 Å². The summed E-state index contributed by atoms with van der Waals surface area (Å²) in [5.74, 6) is 0. The summed E-state index contributed by atoms with van der Waals surface area (Å²) in [6.45, 7) is 7.19. The summed E-state index contributed by atoms with van der Waals surface area (Å²) >= 11 is 0. The van der Waals surface area contributed by atoms with Gasteiger partial charge in [-0.1, -0.05) is 42.5 Å². The van der Waals surface area contributed by atoms with Gasteiger partial charge in [-0.25, -0.2) is 4.39 Å². The molecular formula is C19H28FN3O. The summed E-state index contributed by atoms with van der Waals surface area (Å²) in [5, 5.41) is 3.13. The molecule has 0 bridgehead atoms. The number of ether oxygens (including phenoxy) is 1. The van der Waals surface area contributed by atoms with E-state index in [4.69, 9.17) is 4.74 Å². The number of nitrogens with zero attached hydrogens (tertiary/aromatic N) is 2. The van der Waals surface area contributed by atoms with Gasteiger partial charge >= 0.3 is 0 Å². The third-order valence-corrected chi connectivity index (χ3v) is 4.67. The van der Waals surface area contributed by atoms with Crippen LogP contribution in [-0.2, 0) is 4.74 Å². The lowest BCUT2D eigenvalue weighted by atomic mass is 10.1. The summed E-state index contributed by atoms with van der Waals surface area (Å²) in [6, 6.07) is 10.4. The van der Waals surface area contributed by atoms with Gasteiger partial charge in [0.25, 0.3) is 0 Å². The Morgan fingerprint density at radius 3 is 2.67 bits per heavy atom. The molecule has 1 aromatic carbocycles. The minimum absolute atomic E-state index is 0.208. The zero-order chi connectivity index (χ0) is 16.7. The Hall–Kier alpha value is -1.27. The molecule has 2 fully saturated rings. The Kier molecular flexibility index (Phi) is 6.37. The lowest BCUT2D eigenvalue weighted by Crippen LogP contribution is -2.54. The highest BCUT2D eigenvalue weighted by molar-refractivity contribution is 5.48. The number of nitrogens with one attached hydrogen (secondary N) is 1. The first-order chi connectivity index (χ1) is 11.7. The summed E-state index contributed by atoms with van der Waals surface area (Å²) in [4.78, 5) is 4.65. The molecule has 2 aliphatic rings. The van der Waals surface area contributed by atoms with E-state index < -0.39 is 5.67 Å². The molecule has 132 valence electrons. The quantitative estimate of drug-likeness (QED) is 0.887. The van der Waals surface area contributed by atoms with Gasteiger partial charge in [-0.3, -0.25) is 9.80 Å². The zero-order valence-corrected chi connectivity index (χ0v) is 14.3. The van der Waals surface area contributed by atoms with E-state index in [1.165, 1.54) is 5.56 Å². The van der Waals surface area contributed by atoms with Crippen LogP contribution in [0.15, 0.2) is 36.4 Å². The topological polar surface area (TPSA) is 27.7 Å². The van der Waals surface area contributed by atoms with Crippen molar-refractivity contribution in [1.29, 1.82) is 0 Å². The van der Waals surface area contributed by atoms with Gasteiger partial charge in [0.05, 0.1) is 13.2 Å². The van der Waals surface area contributed by atoms with E-state index in [1.54, 1.807) is 0 Å². The summed E-state index contributed by atoms with van der Waals surface area (Å²) in [7, 11) is 0. The first-order valence-electron chi connectivity index (χ1n) is 8.87. The molecule has 2 aliphatic heterocycles. The highest BCUT2D eigenvalue weighted by Crippen LogP contribution is 2.16. The van der Waals surface area contributed by atoms with E-state index in [0.717, 1.165) is 39.3 Å². The van der Waals surface area contributed by atoms with E-state index in [0.29, 0.717) is 19.7 Å². The number of rotatable bonds is 5. The Morgan fingerprint density at radius 2 is 1.88 bits per heavy atom. The lowest BCUT2D eigenvalue weighted by molar-refractivity contribution is 0.00211. The number of alkyl halides is 1. The predicted octanol–water partition coefficient (Wildman–Crippen LogP) is 1.65. The van der Waals surface area contributed by atoms with Gasteiger partial charge < -0.3 is 10.1 Å². The van der Waals surface area contributed by atoms with Gasteiger partial charge in [-0.15, -0.1) is 0 Å². The molecule has 0 saturated carbocycles. The molecule has 3 rings (SSSR count). The average molecular weight is 333 g/mol. The number of hydrogen-bond acceptors (Lipinski definition) is 4. The van der Waals surface area contributed by atoms with Crippen molar-refractivity contribution < 1.29 is 9.13 Å². The van der Waals surface area contributed by atoms with Crippen LogP contribution in [0, 0.1) is 0 Å². The van der Waals surface area contributed by atoms with Crippen LogP contribution < -0.4 is 5.32 Å². The molecule has 1 aromatic rings. The van der Waals surface area contributed by atoms with Gasteiger partial charge in [0, 0.05) is 52.4 Å². The molecule has 0 spiro atoms. The second-order valence-corrected chi connectivity index (χ2v) is 6.77. The van der Waals surface area contributed by atoms with Gasteiger partial charge in [0.15, 0.2) is 5.67 Å². The van der Waals surface area contributed by atoms with E-state index in [9.17, 15) is 4.39 Å². The van der Waals surface area contributed by atoms with Crippen molar-refractivity contribution in [3.63, 3.8) is 0 Å². The Morgan fingerprint density at radius 1 is 1.12 bits per heavy atom. The van der Waals surface area contributed by atoms with Crippen LogP contribution in [0.4, 0.5) is 4.39 Å². The Labute approximate surface area is 144 Å². The molecule has 1 N–H and O–H groups in total. The van der Waals surface area contributed by atoms with E-state index >= 15 is 0 Å². The monoisotopic (exact) mass is 333 g/mol. The van der Waals surface area contributed by atoms with Crippen molar-refractivity contribution in [2.45, 2.75) is 5.67 Å². The third-order valence-electron chi connectivity index (χ3n) is 4.67. The molecule has 24 heavy (non-hydrogen) atoms. The van der Waals surface area contributed by atoms with E-state index in [-0.39, 0.29) is 6.61 Å². The Balaban J connectivity index is 1.40. The second-order valence-electron chi connectivity index (χ2n) is 6.77. The first kappa shape index (κ1) is 17.5. The molecule has 2 heterocycles. The number of halogens is 1. The molecule has 4 nitrogen and oxygen atoms in total. The second kappa shape index (κ2) is 8.72. The standard InChI is InChI=1S/C19H28FN3O/c20-19(15-21-8-14-24-17-19)16-23-12-10-22(11-13-23)9-4-7-18-5-2-1-3-6-18/h1-7,21H,8-17H2/b7-4+. The minimum atomic E-state index is -1.26. The van der Waals surface area contributed by atoms with Crippen molar-refractivity contribution in [1.82, 2.24) is 15.1 Å². The fourth-order valence-electron chi connectivity index (χ4n) is 3.30. The van der Waals surface area contributed by atoms with Gasteiger partial charge in [-0.2, -0.15) is 0 Å². The molecule has 0 aromatic heterocycles. The number of benzene rings is 1. The molecule has 5 heteroatoms. The van der Waals surface area contributed by atoms with Crippen molar-refractivity contribution in [2.75, 3.05) is 65.6 Å². The SMILES string of the molecule is FC1(CN2CCN(C/C=C/c3ccccc3)CC2)CNCCOC1. The van der Waals surface area contributed by atoms with Crippen LogP contribution in [0.1, 0.15) is 5.56 Å². The molecule has 1 unspecified atom stereocenters. The summed E-state index contributed by atoms with van der Waals surface area (Å²) in [6.07, 6.45) is 4.38. The van der Waals surface area contributed by atoms with Crippen LogP contribution >= 0.6 is 0 Å².